The summed E-state index contributed by atoms with van der Waals surface area (Å²) in [6, 6.07) is 5.19. The van der Waals surface area contributed by atoms with Gasteiger partial charge in [-0.25, -0.2) is 4.98 Å². The van der Waals surface area contributed by atoms with Gasteiger partial charge in [0.2, 0.25) is 0 Å². The zero-order chi connectivity index (χ0) is 12.8. The first-order chi connectivity index (χ1) is 8.22. The number of rotatable bonds is 2. The molecule has 4 heteroatoms. The lowest BCUT2D eigenvalue weighted by Crippen LogP contribution is -2.21. The van der Waals surface area contributed by atoms with Crippen molar-refractivity contribution in [3.8, 4) is 0 Å². The molecule has 0 spiro atoms. The van der Waals surface area contributed by atoms with Crippen LogP contribution in [0, 0.1) is 0 Å². The van der Waals surface area contributed by atoms with Gasteiger partial charge in [0.25, 0.3) is 5.56 Å². The maximum Gasteiger partial charge on any atom is 0.261 e. The topological polar surface area (TPSA) is 34.9 Å². The highest BCUT2D eigenvalue weighted by molar-refractivity contribution is 6.33. The van der Waals surface area contributed by atoms with Gasteiger partial charge < -0.3 is 0 Å². The van der Waals surface area contributed by atoms with Gasteiger partial charge in [-0.1, -0.05) is 38.4 Å². The van der Waals surface area contributed by atoms with E-state index in [0.29, 0.717) is 22.9 Å². The molecule has 0 saturated heterocycles. The summed E-state index contributed by atoms with van der Waals surface area (Å²) in [5.74, 6) is 0. The van der Waals surface area contributed by atoms with Crippen LogP contribution in [0.3, 0.4) is 0 Å². The van der Waals surface area contributed by atoms with Gasteiger partial charge in [0.1, 0.15) is 7.85 Å². The smallest absolute Gasteiger partial charge is 0.261 e. The second-order valence-corrected chi connectivity index (χ2v) is 3.52. The average molecular weight is 228 g/mol. The first-order valence-corrected chi connectivity index (χ1v) is 5.97. The Kier molecular flexibility index (Phi) is 4.95. The highest BCUT2D eigenvalue weighted by Gasteiger charge is 2.02. The van der Waals surface area contributed by atoms with Crippen LogP contribution in [0.25, 0.3) is 10.9 Å². The molecular weight excluding hydrogens is 211 g/mol. The van der Waals surface area contributed by atoms with E-state index < -0.39 is 0 Å². The number of aryl methyl sites for hydroxylation is 1. The molecule has 1 heterocycles. The van der Waals surface area contributed by atoms with E-state index >= 15 is 0 Å². The van der Waals surface area contributed by atoms with Crippen LogP contribution in [0.5, 0.6) is 0 Å². The van der Waals surface area contributed by atoms with E-state index in [2.05, 4.69) is 4.98 Å². The van der Waals surface area contributed by atoms with Crippen molar-refractivity contribution < 1.29 is 0 Å². The lowest BCUT2D eigenvalue weighted by Gasteiger charge is -2.04. The molecule has 0 aliphatic carbocycles. The Morgan fingerprint density at radius 1 is 1.35 bits per heavy atom. The molecule has 2 aromatic rings. The Balaban J connectivity index is 0.000000686. The maximum atomic E-state index is 11.9. The number of fused-ring (bicyclic) bond motifs is 1. The van der Waals surface area contributed by atoms with Gasteiger partial charge in [-0.2, -0.15) is 0 Å². The zero-order valence-electron chi connectivity index (χ0n) is 10.6. The molecule has 0 fully saturated rings. The molecule has 88 valence electrons. The van der Waals surface area contributed by atoms with E-state index in [1.165, 1.54) is 0 Å². The number of aromatic nitrogens is 2. The molecule has 2 radical (unpaired) electrons. The van der Waals surface area contributed by atoms with Crippen LogP contribution in [0.15, 0.2) is 29.3 Å². The maximum absolute atomic E-state index is 11.9. The zero-order valence-corrected chi connectivity index (χ0v) is 10.6. The molecule has 2 rings (SSSR count). The second-order valence-electron chi connectivity index (χ2n) is 3.52. The Labute approximate surface area is 103 Å². The van der Waals surface area contributed by atoms with E-state index in [1.807, 2.05) is 20.8 Å². The summed E-state index contributed by atoms with van der Waals surface area (Å²) in [4.78, 5) is 16.1. The first-order valence-electron chi connectivity index (χ1n) is 5.97. The molecule has 0 unspecified atom stereocenters. The normalized spacial score (nSPS) is 9.82. The predicted octanol–water partition coefficient (Wildman–Crippen LogP) is 1.63. The lowest BCUT2D eigenvalue weighted by molar-refractivity contribution is 0.648. The predicted molar refractivity (Wildman–Crippen MR) is 73.0 cm³/mol. The van der Waals surface area contributed by atoms with Crippen LogP contribution in [0.2, 0.25) is 0 Å². The molecule has 0 aliphatic rings. The highest BCUT2D eigenvalue weighted by Crippen LogP contribution is 2.03. The van der Waals surface area contributed by atoms with E-state index in [4.69, 9.17) is 7.85 Å². The van der Waals surface area contributed by atoms with Gasteiger partial charge in [0, 0.05) is 6.54 Å². The third-order valence-electron chi connectivity index (χ3n) is 2.31. The van der Waals surface area contributed by atoms with E-state index in [-0.39, 0.29) is 5.56 Å². The SMILES string of the molecule is CC.[B]c1ccc2ncn(CCC)c(=O)c2c1. The van der Waals surface area contributed by atoms with Crippen molar-refractivity contribution in [2.75, 3.05) is 0 Å². The molecule has 0 aliphatic heterocycles. The van der Waals surface area contributed by atoms with Crippen LogP contribution in [-0.2, 0) is 6.54 Å². The molecule has 0 N–H and O–H groups in total. The van der Waals surface area contributed by atoms with Crippen molar-refractivity contribution in [1.29, 1.82) is 0 Å². The summed E-state index contributed by atoms with van der Waals surface area (Å²) in [6.07, 6.45) is 2.50. The fourth-order valence-corrected chi connectivity index (χ4v) is 1.58. The van der Waals surface area contributed by atoms with Crippen molar-refractivity contribution in [2.45, 2.75) is 33.7 Å². The molecule has 3 nitrogen and oxygen atoms in total. The van der Waals surface area contributed by atoms with Gasteiger partial charge in [0.15, 0.2) is 0 Å². The minimum atomic E-state index is -0.0193. The highest BCUT2D eigenvalue weighted by atomic mass is 16.1. The summed E-state index contributed by atoms with van der Waals surface area (Å²) >= 11 is 0. The summed E-state index contributed by atoms with van der Waals surface area (Å²) in [7, 11) is 5.64. The van der Waals surface area contributed by atoms with Crippen molar-refractivity contribution in [2.24, 2.45) is 0 Å². The quantitative estimate of drug-likeness (QED) is 0.732. The second kappa shape index (κ2) is 6.23. The van der Waals surface area contributed by atoms with Gasteiger partial charge >= 0.3 is 0 Å². The van der Waals surface area contributed by atoms with E-state index in [9.17, 15) is 4.79 Å². The van der Waals surface area contributed by atoms with Gasteiger partial charge in [-0.15, -0.1) is 0 Å². The Morgan fingerprint density at radius 3 is 2.71 bits per heavy atom. The van der Waals surface area contributed by atoms with Crippen LogP contribution >= 0.6 is 0 Å². The Hall–Kier alpha value is -1.58. The number of nitrogens with zero attached hydrogens (tertiary/aromatic N) is 2. The molecule has 0 atom stereocenters. The minimum absolute atomic E-state index is 0.0193. The summed E-state index contributed by atoms with van der Waals surface area (Å²) < 4.78 is 1.61. The lowest BCUT2D eigenvalue weighted by atomic mass is 9.95. The monoisotopic (exact) mass is 228 g/mol. The average Bonchev–Trinajstić information content (AvgIpc) is 2.36. The van der Waals surface area contributed by atoms with Crippen molar-refractivity contribution >= 4 is 24.2 Å². The Bertz CT molecular complexity index is 549. The minimum Gasteiger partial charge on any atom is -0.299 e. The third-order valence-corrected chi connectivity index (χ3v) is 2.31. The van der Waals surface area contributed by atoms with Crippen LogP contribution in [0.1, 0.15) is 27.2 Å². The van der Waals surface area contributed by atoms with Gasteiger partial charge in [0.05, 0.1) is 17.2 Å². The van der Waals surface area contributed by atoms with Crippen molar-refractivity contribution in [3.63, 3.8) is 0 Å². The molecule has 17 heavy (non-hydrogen) atoms. The fourth-order valence-electron chi connectivity index (χ4n) is 1.58. The number of hydrogen-bond acceptors (Lipinski definition) is 2. The van der Waals surface area contributed by atoms with Gasteiger partial charge in [-0.3, -0.25) is 9.36 Å². The summed E-state index contributed by atoms with van der Waals surface area (Å²) in [5, 5.41) is 0.589. The molecule has 1 aromatic carbocycles. The first kappa shape index (κ1) is 13.5. The van der Waals surface area contributed by atoms with Crippen LogP contribution < -0.4 is 11.0 Å². The van der Waals surface area contributed by atoms with E-state index in [0.717, 1.165) is 6.42 Å². The standard InChI is InChI=1S/C11H11BN2O.C2H6/c1-2-5-14-7-13-10-4-3-8(12)6-9(10)11(14)15;1-2/h3-4,6-7H,2,5H2,1H3;1-2H3. The van der Waals surface area contributed by atoms with Crippen molar-refractivity contribution in [1.82, 2.24) is 9.55 Å². The van der Waals surface area contributed by atoms with Crippen LogP contribution in [-0.4, -0.2) is 17.4 Å². The number of hydrogen-bond donors (Lipinski definition) is 0. The molecule has 1 aromatic heterocycles. The molecule has 0 amide bonds. The van der Waals surface area contributed by atoms with Crippen molar-refractivity contribution in [3.05, 3.63) is 34.9 Å². The molecule has 0 bridgehead atoms. The molecular formula is C13H17BN2O. The number of benzene rings is 1. The molecule has 0 saturated carbocycles. The fraction of sp³-hybridized carbons (Fsp3) is 0.385. The Morgan fingerprint density at radius 2 is 2.06 bits per heavy atom. The van der Waals surface area contributed by atoms with E-state index in [1.54, 1.807) is 29.1 Å². The van der Waals surface area contributed by atoms with Crippen LogP contribution in [0.4, 0.5) is 0 Å². The largest absolute Gasteiger partial charge is 0.299 e. The van der Waals surface area contributed by atoms with Gasteiger partial charge in [-0.05, 0) is 12.5 Å². The summed E-state index contributed by atoms with van der Waals surface area (Å²) in [5.41, 5.74) is 1.27. The summed E-state index contributed by atoms with van der Waals surface area (Å²) in [6.45, 7) is 6.71. The third kappa shape index (κ3) is 2.96.